The summed E-state index contributed by atoms with van der Waals surface area (Å²) in [7, 11) is 0. The average Bonchev–Trinajstić information content (AvgIpc) is 2.29. The number of hydrogen-bond donors (Lipinski definition) is 2. The minimum Gasteiger partial charge on any atom is -0.327 e. The fraction of sp³-hybridized carbons (Fsp3) is 1.00. The maximum Gasteiger partial charge on any atom is 0.00991 e. The minimum atomic E-state index is 0.481. The summed E-state index contributed by atoms with van der Waals surface area (Å²) in [4.78, 5) is 0. The van der Waals surface area contributed by atoms with Crippen molar-refractivity contribution < 1.29 is 0 Å². The molecule has 1 aliphatic heterocycles. The van der Waals surface area contributed by atoms with Crippen molar-refractivity contribution in [3.63, 3.8) is 0 Å². The van der Waals surface area contributed by atoms with Gasteiger partial charge in [0.15, 0.2) is 0 Å². The van der Waals surface area contributed by atoms with Crippen LogP contribution in [0, 0.1) is 11.3 Å². The predicted octanol–water partition coefficient (Wildman–Crippen LogP) is 1.11. The first-order valence-electron chi connectivity index (χ1n) is 5.19. The van der Waals surface area contributed by atoms with Crippen molar-refractivity contribution in [1.29, 1.82) is 0 Å². The summed E-state index contributed by atoms with van der Waals surface area (Å²) < 4.78 is 0. The molecule has 0 unspecified atom stereocenters. The van der Waals surface area contributed by atoms with Crippen LogP contribution in [-0.4, -0.2) is 19.1 Å². The molecule has 2 aliphatic rings. The van der Waals surface area contributed by atoms with Gasteiger partial charge in [0.05, 0.1) is 0 Å². The topological polar surface area (TPSA) is 38.0 Å². The quantitative estimate of drug-likeness (QED) is 0.568. The largest absolute Gasteiger partial charge is 0.327 e. The molecule has 12 heavy (non-hydrogen) atoms. The Morgan fingerprint density at radius 3 is 2.50 bits per heavy atom. The molecule has 0 aromatic heterocycles. The van der Waals surface area contributed by atoms with Crippen molar-refractivity contribution in [2.24, 2.45) is 17.1 Å². The zero-order valence-corrected chi connectivity index (χ0v) is 7.97. The first-order chi connectivity index (χ1) is 5.73. The molecule has 1 aliphatic carbocycles. The molecule has 0 amide bonds. The number of hydrogen-bond acceptors (Lipinski definition) is 2. The van der Waals surface area contributed by atoms with Gasteiger partial charge in [-0.15, -0.1) is 0 Å². The third-order valence-electron chi connectivity index (χ3n) is 3.80. The Kier molecular flexibility index (Phi) is 2.13. The first kappa shape index (κ1) is 8.52. The van der Waals surface area contributed by atoms with Crippen LogP contribution in [0.1, 0.15) is 32.6 Å². The summed E-state index contributed by atoms with van der Waals surface area (Å²) in [6, 6.07) is 0.481. The molecule has 2 atom stereocenters. The molecule has 0 bridgehead atoms. The van der Waals surface area contributed by atoms with Crippen LogP contribution < -0.4 is 11.1 Å². The Hall–Kier alpha value is -0.0800. The summed E-state index contributed by atoms with van der Waals surface area (Å²) in [5.41, 5.74) is 6.73. The van der Waals surface area contributed by atoms with E-state index in [1.54, 1.807) is 0 Å². The highest BCUT2D eigenvalue weighted by molar-refractivity contribution is 4.99. The van der Waals surface area contributed by atoms with E-state index in [0.29, 0.717) is 11.5 Å². The normalized spacial score (nSPS) is 40.5. The molecular weight excluding hydrogens is 148 g/mol. The van der Waals surface area contributed by atoms with Crippen molar-refractivity contribution in [1.82, 2.24) is 5.32 Å². The second-order valence-electron chi connectivity index (χ2n) is 4.76. The van der Waals surface area contributed by atoms with E-state index in [0.717, 1.165) is 5.92 Å². The molecular formula is C10H20N2. The van der Waals surface area contributed by atoms with Gasteiger partial charge in [-0.1, -0.05) is 6.92 Å². The Morgan fingerprint density at radius 2 is 2.00 bits per heavy atom. The molecule has 1 heterocycles. The van der Waals surface area contributed by atoms with Gasteiger partial charge < -0.3 is 11.1 Å². The van der Waals surface area contributed by atoms with E-state index in [2.05, 4.69) is 12.2 Å². The molecule has 0 aromatic rings. The Morgan fingerprint density at radius 1 is 1.33 bits per heavy atom. The zero-order valence-electron chi connectivity index (χ0n) is 7.97. The Bertz CT molecular complexity index is 161. The second-order valence-corrected chi connectivity index (χ2v) is 4.76. The summed E-state index contributed by atoms with van der Waals surface area (Å²) in [5, 5.41) is 3.42. The van der Waals surface area contributed by atoms with Crippen molar-refractivity contribution >= 4 is 0 Å². The lowest BCUT2D eigenvalue weighted by atomic mass is 9.74. The van der Waals surface area contributed by atoms with Crippen LogP contribution >= 0.6 is 0 Å². The van der Waals surface area contributed by atoms with Gasteiger partial charge in [-0.05, 0) is 50.1 Å². The molecule has 2 heteroatoms. The summed E-state index contributed by atoms with van der Waals surface area (Å²) >= 11 is 0. The number of nitrogens with one attached hydrogen (secondary N) is 1. The van der Waals surface area contributed by atoms with Crippen LogP contribution in [0.4, 0.5) is 0 Å². The maximum absolute atomic E-state index is 6.21. The highest BCUT2D eigenvalue weighted by Crippen LogP contribution is 2.46. The van der Waals surface area contributed by atoms with E-state index in [-0.39, 0.29) is 0 Å². The molecule has 1 spiro atoms. The van der Waals surface area contributed by atoms with Gasteiger partial charge in [0, 0.05) is 6.04 Å². The van der Waals surface area contributed by atoms with Gasteiger partial charge in [-0.2, -0.15) is 0 Å². The summed E-state index contributed by atoms with van der Waals surface area (Å²) in [6.45, 7) is 4.71. The van der Waals surface area contributed by atoms with E-state index < -0.39 is 0 Å². The Labute approximate surface area is 74.9 Å². The molecule has 3 N–H and O–H groups in total. The van der Waals surface area contributed by atoms with Gasteiger partial charge in [0.2, 0.25) is 0 Å². The number of nitrogens with two attached hydrogens (primary N) is 1. The van der Waals surface area contributed by atoms with Crippen molar-refractivity contribution in [2.75, 3.05) is 13.1 Å². The SMILES string of the molecule is C[C@H]1C[C@H](N)C2(CCNCC2)C1. The van der Waals surface area contributed by atoms with Gasteiger partial charge in [0.25, 0.3) is 0 Å². The Balaban J connectivity index is 2.08. The maximum atomic E-state index is 6.21. The first-order valence-corrected chi connectivity index (χ1v) is 5.19. The molecule has 1 saturated heterocycles. The highest BCUT2D eigenvalue weighted by atomic mass is 14.9. The molecule has 70 valence electrons. The van der Waals surface area contributed by atoms with Crippen LogP contribution in [0.5, 0.6) is 0 Å². The number of rotatable bonds is 0. The van der Waals surface area contributed by atoms with E-state index in [4.69, 9.17) is 5.73 Å². The second kappa shape index (κ2) is 3.00. The molecule has 2 nitrogen and oxygen atoms in total. The van der Waals surface area contributed by atoms with Crippen molar-refractivity contribution in [3.05, 3.63) is 0 Å². The van der Waals surface area contributed by atoms with Crippen LogP contribution in [0.2, 0.25) is 0 Å². The third kappa shape index (κ3) is 1.27. The fourth-order valence-corrected chi connectivity index (χ4v) is 3.11. The van der Waals surface area contributed by atoms with E-state index >= 15 is 0 Å². The number of piperidine rings is 1. The summed E-state index contributed by atoms with van der Waals surface area (Å²) in [5.74, 6) is 0.859. The van der Waals surface area contributed by atoms with Crippen LogP contribution in [0.25, 0.3) is 0 Å². The van der Waals surface area contributed by atoms with Crippen molar-refractivity contribution in [2.45, 2.75) is 38.6 Å². The molecule has 2 fully saturated rings. The van der Waals surface area contributed by atoms with Gasteiger partial charge >= 0.3 is 0 Å². The van der Waals surface area contributed by atoms with E-state index in [9.17, 15) is 0 Å². The lowest BCUT2D eigenvalue weighted by molar-refractivity contribution is 0.179. The standard InChI is InChI=1S/C10H20N2/c1-8-6-9(11)10(7-8)2-4-12-5-3-10/h8-9,12H,2-7,11H2,1H3/t8-,9-/m0/s1. The fourth-order valence-electron chi connectivity index (χ4n) is 3.11. The van der Waals surface area contributed by atoms with E-state index in [1.165, 1.54) is 38.8 Å². The van der Waals surface area contributed by atoms with Crippen molar-refractivity contribution in [3.8, 4) is 0 Å². The molecule has 2 rings (SSSR count). The smallest absolute Gasteiger partial charge is 0.00991 e. The minimum absolute atomic E-state index is 0.481. The predicted molar refractivity (Wildman–Crippen MR) is 50.9 cm³/mol. The summed E-state index contributed by atoms with van der Waals surface area (Å²) in [6.07, 6.45) is 5.23. The van der Waals surface area contributed by atoms with Gasteiger partial charge in [-0.25, -0.2) is 0 Å². The lowest BCUT2D eigenvalue weighted by Gasteiger charge is -2.37. The van der Waals surface area contributed by atoms with Crippen LogP contribution in [0.3, 0.4) is 0 Å². The monoisotopic (exact) mass is 168 g/mol. The van der Waals surface area contributed by atoms with Crippen LogP contribution in [0.15, 0.2) is 0 Å². The highest BCUT2D eigenvalue weighted by Gasteiger charge is 2.44. The molecule has 0 aromatic carbocycles. The van der Waals surface area contributed by atoms with Crippen LogP contribution in [-0.2, 0) is 0 Å². The third-order valence-corrected chi connectivity index (χ3v) is 3.80. The zero-order chi connectivity index (χ0) is 8.60. The van der Waals surface area contributed by atoms with Gasteiger partial charge in [0.1, 0.15) is 0 Å². The lowest BCUT2D eigenvalue weighted by Crippen LogP contribution is -2.45. The molecule has 1 saturated carbocycles. The van der Waals surface area contributed by atoms with Gasteiger partial charge in [-0.3, -0.25) is 0 Å². The molecule has 0 radical (unpaired) electrons. The van der Waals surface area contributed by atoms with E-state index in [1.807, 2.05) is 0 Å². The average molecular weight is 168 g/mol.